The molecular formula is C18H19FN2O2. The zero-order valence-electron chi connectivity index (χ0n) is 12.8. The number of aromatic nitrogens is 1. The van der Waals surface area contributed by atoms with Gasteiger partial charge in [0.2, 0.25) is 0 Å². The van der Waals surface area contributed by atoms with E-state index in [0.717, 1.165) is 31.2 Å². The largest absolute Gasteiger partial charge is 0.331 e. The Morgan fingerprint density at radius 3 is 2.83 bits per heavy atom. The number of pyridine rings is 1. The first-order valence-corrected chi connectivity index (χ1v) is 7.91. The zero-order chi connectivity index (χ0) is 16.2. The number of hydrogen-bond donors (Lipinski definition) is 1. The maximum absolute atomic E-state index is 13.6. The third-order valence-electron chi connectivity index (χ3n) is 4.30. The molecule has 1 atom stereocenters. The van der Waals surface area contributed by atoms with Crippen LogP contribution in [-0.2, 0) is 0 Å². The van der Waals surface area contributed by atoms with Crippen LogP contribution in [0.3, 0.4) is 0 Å². The van der Waals surface area contributed by atoms with Gasteiger partial charge in [-0.1, -0.05) is 25.0 Å². The van der Waals surface area contributed by atoms with Crippen LogP contribution in [0.25, 0.3) is 0 Å². The molecule has 5 heteroatoms. The summed E-state index contributed by atoms with van der Waals surface area (Å²) < 4.78 is 13.6. The van der Waals surface area contributed by atoms with Crippen molar-refractivity contribution in [1.82, 2.24) is 9.88 Å². The first kappa shape index (κ1) is 15.5. The van der Waals surface area contributed by atoms with Crippen molar-refractivity contribution in [1.29, 1.82) is 0 Å². The van der Waals surface area contributed by atoms with Crippen LogP contribution in [0.2, 0.25) is 0 Å². The summed E-state index contributed by atoms with van der Waals surface area (Å²) in [5.41, 5.74) is 0.531. The average molecular weight is 314 g/mol. The molecule has 0 aliphatic carbocycles. The first-order valence-electron chi connectivity index (χ1n) is 7.91. The number of nitrogens with one attached hydrogen (secondary N) is 1. The van der Waals surface area contributed by atoms with Crippen LogP contribution in [0.1, 0.15) is 47.6 Å². The number of carbonyl (C=O) groups excluding carboxylic acids is 1. The lowest BCUT2D eigenvalue weighted by Crippen LogP contribution is -2.37. The molecule has 0 bridgehead atoms. The van der Waals surface area contributed by atoms with E-state index in [1.165, 1.54) is 24.4 Å². The summed E-state index contributed by atoms with van der Waals surface area (Å²) in [5.74, 6) is -0.597. The molecule has 0 radical (unpaired) electrons. The molecule has 1 N–H and O–H groups in total. The Labute approximate surface area is 134 Å². The van der Waals surface area contributed by atoms with Crippen molar-refractivity contribution >= 4 is 5.91 Å². The topological polar surface area (TPSA) is 53.2 Å². The number of benzene rings is 1. The Morgan fingerprint density at radius 2 is 2.04 bits per heavy atom. The molecule has 2 heterocycles. The van der Waals surface area contributed by atoms with Gasteiger partial charge in [-0.05, 0) is 42.7 Å². The van der Waals surface area contributed by atoms with Gasteiger partial charge in [-0.2, -0.15) is 0 Å². The van der Waals surface area contributed by atoms with Crippen LogP contribution in [-0.4, -0.2) is 22.3 Å². The Kier molecular flexibility index (Phi) is 4.55. The Bertz CT molecular complexity index is 756. The molecule has 3 rings (SSSR count). The molecule has 2 aromatic rings. The van der Waals surface area contributed by atoms with Crippen LogP contribution in [0.5, 0.6) is 0 Å². The van der Waals surface area contributed by atoms with Gasteiger partial charge in [0.05, 0.1) is 6.04 Å². The smallest absolute Gasteiger partial charge is 0.260 e. The second kappa shape index (κ2) is 6.77. The van der Waals surface area contributed by atoms with E-state index in [4.69, 9.17) is 0 Å². The van der Waals surface area contributed by atoms with Crippen LogP contribution in [0.15, 0.2) is 47.4 Å². The Morgan fingerprint density at radius 1 is 1.17 bits per heavy atom. The summed E-state index contributed by atoms with van der Waals surface area (Å²) in [5, 5.41) is 0. The van der Waals surface area contributed by atoms with Gasteiger partial charge >= 0.3 is 0 Å². The molecule has 1 aliphatic heterocycles. The summed E-state index contributed by atoms with van der Waals surface area (Å²) >= 11 is 0. The molecule has 4 nitrogen and oxygen atoms in total. The summed E-state index contributed by atoms with van der Waals surface area (Å²) in [6.07, 6.45) is 5.19. The highest BCUT2D eigenvalue weighted by Gasteiger charge is 2.28. The fourth-order valence-electron chi connectivity index (χ4n) is 3.16. The first-order chi connectivity index (χ1) is 11.2. The molecule has 1 fully saturated rings. The minimum Gasteiger partial charge on any atom is -0.331 e. The highest BCUT2D eigenvalue weighted by atomic mass is 19.1. The number of hydrogen-bond acceptors (Lipinski definition) is 2. The molecule has 0 unspecified atom stereocenters. The molecule has 1 aromatic heterocycles. The quantitative estimate of drug-likeness (QED) is 0.925. The normalized spacial score (nSPS) is 18.5. The molecule has 1 aromatic carbocycles. The van der Waals surface area contributed by atoms with Gasteiger partial charge in [0.1, 0.15) is 11.4 Å². The molecule has 120 valence electrons. The summed E-state index contributed by atoms with van der Waals surface area (Å²) in [7, 11) is 0. The van der Waals surface area contributed by atoms with E-state index in [1.54, 1.807) is 17.0 Å². The maximum atomic E-state index is 13.6. The number of rotatable bonds is 2. The van der Waals surface area contributed by atoms with E-state index in [-0.39, 0.29) is 28.9 Å². The molecule has 1 amide bonds. The molecule has 0 saturated carbocycles. The van der Waals surface area contributed by atoms with E-state index in [2.05, 4.69) is 4.98 Å². The minimum absolute atomic E-state index is 0.135. The summed E-state index contributed by atoms with van der Waals surface area (Å²) in [6.45, 7) is 0.578. The lowest BCUT2D eigenvalue weighted by molar-refractivity contribution is 0.0678. The second-order valence-electron chi connectivity index (χ2n) is 5.83. The van der Waals surface area contributed by atoms with Crippen LogP contribution < -0.4 is 5.56 Å². The fourth-order valence-corrected chi connectivity index (χ4v) is 3.16. The minimum atomic E-state index is -0.389. The number of halogens is 1. The van der Waals surface area contributed by atoms with Gasteiger partial charge in [0.15, 0.2) is 0 Å². The van der Waals surface area contributed by atoms with E-state index in [1.807, 2.05) is 6.07 Å². The Hall–Kier alpha value is -2.43. The maximum Gasteiger partial charge on any atom is 0.260 e. The van der Waals surface area contributed by atoms with Crippen molar-refractivity contribution in [3.05, 3.63) is 69.9 Å². The van der Waals surface area contributed by atoms with E-state index in [9.17, 15) is 14.0 Å². The van der Waals surface area contributed by atoms with Crippen molar-refractivity contribution in [2.75, 3.05) is 6.54 Å². The van der Waals surface area contributed by atoms with Crippen LogP contribution in [0.4, 0.5) is 4.39 Å². The predicted molar refractivity (Wildman–Crippen MR) is 85.7 cm³/mol. The predicted octanol–water partition coefficient (Wildman–Crippen LogP) is 3.27. The van der Waals surface area contributed by atoms with Crippen molar-refractivity contribution in [2.24, 2.45) is 0 Å². The molecule has 1 aliphatic rings. The van der Waals surface area contributed by atoms with Crippen LogP contribution in [0, 0.1) is 5.82 Å². The van der Waals surface area contributed by atoms with Crippen LogP contribution >= 0.6 is 0 Å². The lowest BCUT2D eigenvalue weighted by atomic mass is 10.00. The highest BCUT2D eigenvalue weighted by molar-refractivity contribution is 5.94. The Balaban J connectivity index is 1.98. The molecular weight excluding hydrogens is 295 g/mol. The monoisotopic (exact) mass is 314 g/mol. The molecule has 1 saturated heterocycles. The van der Waals surface area contributed by atoms with Gasteiger partial charge in [-0.3, -0.25) is 9.59 Å². The van der Waals surface area contributed by atoms with Crippen molar-refractivity contribution in [2.45, 2.75) is 31.7 Å². The third-order valence-corrected chi connectivity index (χ3v) is 4.30. The number of amides is 1. The molecule has 0 spiro atoms. The van der Waals surface area contributed by atoms with Crippen molar-refractivity contribution < 1.29 is 9.18 Å². The van der Waals surface area contributed by atoms with E-state index in [0.29, 0.717) is 6.54 Å². The number of H-pyrrole nitrogens is 1. The second-order valence-corrected chi connectivity index (χ2v) is 5.83. The number of aromatic amines is 1. The lowest BCUT2D eigenvalue weighted by Gasteiger charge is -2.30. The van der Waals surface area contributed by atoms with E-state index >= 15 is 0 Å². The standard InChI is InChI=1S/C18H19FN2O2/c19-14-7-4-6-13(12-14)16-9-2-1-3-11-21(16)18(23)15-8-5-10-20-17(15)22/h4-8,10,12,16H,1-3,9,11H2,(H,20,22)/t16-/m1/s1. The van der Waals surface area contributed by atoms with Crippen molar-refractivity contribution in [3.8, 4) is 0 Å². The number of nitrogens with zero attached hydrogens (tertiary/aromatic N) is 1. The highest BCUT2D eigenvalue weighted by Crippen LogP contribution is 2.31. The van der Waals surface area contributed by atoms with Gasteiger partial charge in [-0.25, -0.2) is 4.39 Å². The van der Waals surface area contributed by atoms with Gasteiger partial charge in [0, 0.05) is 12.7 Å². The van der Waals surface area contributed by atoms with Gasteiger partial charge in [-0.15, -0.1) is 0 Å². The molecule has 23 heavy (non-hydrogen) atoms. The summed E-state index contributed by atoms with van der Waals surface area (Å²) in [4.78, 5) is 29.0. The number of likely N-dealkylation sites (tertiary alicyclic amines) is 1. The van der Waals surface area contributed by atoms with Crippen molar-refractivity contribution in [3.63, 3.8) is 0 Å². The van der Waals surface area contributed by atoms with Gasteiger partial charge < -0.3 is 9.88 Å². The van der Waals surface area contributed by atoms with E-state index < -0.39 is 0 Å². The average Bonchev–Trinajstić information content (AvgIpc) is 2.80. The fraction of sp³-hybridized carbons (Fsp3) is 0.333. The SMILES string of the molecule is O=C(c1ccc[nH]c1=O)N1CCCCC[C@@H]1c1cccc(F)c1. The summed E-state index contributed by atoms with van der Waals surface area (Å²) in [6, 6.07) is 9.36. The number of carbonyl (C=O) groups is 1. The third kappa shape index (κ3) is 3.33. The zero-order valence-corrected chi connectivity index (χ0v) is 12.8. The van der Waals surface area contributed by atoms with Gasteiger partial charge in [0.25, 0.3) is 11.5 Å².